The molecule has 0 saturated carbocycles. The van der Waals surface area contributed by atoms with Gasteiger partial charge in [-0.05, 0) is 50.6 Å². The Balaban J connectivity index is 2.61. The van der Waals surface area contributed by atoms with E-state index in [4.69, 9.17) is 0 Å². The van der Waals surface area contributed by atoms with Gasteiger partial charge in [-0.3, -0.25) is 9.88 Å². The van der Waals surface area contributed by atoms with Crippen LogP contribution in [0.5, 0.6) is 0 Å². The minimum absolute atomic E-state index is 0.551. The van der Waals surface area contributed by atoms with Crippen LogP contribution in [0, 0.1) is 0 Å². The Labute approximate surface area is 118 Å². The summed E-state index contributed by atoms with van der Waals surface area (Å²) in [5.74, 6) is 0. The molecule has 0 saturated heterocycles. The molecule has 0 radical (unpaired) electrons. The first-order valence-corrected chi connectivity index (χ1v) is 7.59. The topological polar surface area (TPSA) is 28.2 Å². The van der Waals surface area contributed by atoms with Crippen molar-refractivity contribution in [3.8, 4) is 0 Å². The van der Waals surface area contributed by atoms with Gasteiger partial charge in [-0.25, -0.2) is 0 Å². The van der Waals surface area contributed by atoms with Crippen molar-refractivity contribution in [2.75, 3.05) is 13.1 Å². The second-order valence-electron chi connectivity index (χ2n) is 5.13. The Morgan fingerprint density at radius 1 is 1.21 bits per heavy atom. The molecule has 0 aromatic carbocycles. The van der Waals surface area contributed by atoms with Crippen LogP contribution >= 0.6 is 0 Å². The predicted molar refractivity (Wildman–Crippen MR) is 82.2 cm³/mol. The van der Waals surface area contributed by atoms with E-state index < -0.39 is 0 Å². The number of hydrogen-bond acceptors (Lipinski definition) is 3. The van der Waals surface area contributed by atoms with Crippen molar-refractivity contribution in [2.45, 2.75) is 59.2 Å². The summed E-state index contributed by atoms with van der Waals surface area (Å²) in [6.45, 7) is 12.3. The van der Waals surface area contributed by atoms with Crippen LogP contribution in [0.4, 0.5) is 0 Å². The fourth-order valence-electron chi connectivity index (χ4n) is 2.51. The van der Waals surface area contributed by atoms with Crippen molar-refractivity contribution in [1.82, 2.24) is 15.2 Å². The van der Waals surface area contributed by atoms with Gasteiger partial charge in [0.15, 0.2) is 0 Å². The first-order chi connectivity index (χ1) is 9.22. The summed E-state index contributed by atoms with van der Waals surface area (Å²) in [4.78, 5) is 6.62. The Bertz CT molecular complexity index is 326. The van der Waals surface area contributed by atoms with E-state index in [1.54, 1.807) is 0 Å². The molecule has 0 aliphatic carbocycles. The van der Waals surface area contributed by atoms with E-state index >= 15 is 0 Å². The maximum atomic E-state index is 4.08. The van der Waals surface area contributed by atoms with Crippen LogP contribution in [0.25, 0.3) is 0 Å². The van der Waals surface area contributed by atoms with E-state index in [-0.39, 0.29) is 0 Å². The van der Waals surface area contributed by atoms with E-state index in [2.05, 4.69) is 55.0 Å². The van der Waals surface area contributed by atoms with Gasteiger partial charge in [-0.15, -0.1) is 0 Å². The summed E-state index contributed by atoms with van der Waals surface area (Å²) in [6.07, 6.45) is 6.12. The Morgan fingerprint density at radius 3 is 2.42 bits per heavy atom. The summed E-state index contributed by atoms with van der Waals surface area (Å²) < 4.78 is 0. The van der Waals surface area contributed by atoms with Crippen molar-refractivity contribution in [3.05, 3.63) is 30.1 Å². The molecule has 108 valence electrons. The van der Waals surface area contributed by atoms with Crippen molar-refractivity contribution in [2.24, 2.45) is 0 Å². The first kappa shape index (κ1) is 16.1. The van der Waals surface area contributed by atoms with Gasteiger partial charge in [-0.1, -0.05) is 20.8 Å². The standard InChI is InChI=1S/C16H29N3/c1-5-10-18-16(6-2)14(4)19(7-3)13-15-8-11-17-12-9-15/h8-9,11-12,14,16,18H,5-7,10,13H2,1-4H3. The molecule has 1 aromatic rings. The zero-order chi connectivity index (χ0) is 14.1. The number of hydrogen-bond donors (Lipinski definition) is 1. The third kappa shape index (κ3) is 5.29. The maximum Gasteiger partial charge on any atom is 0.0271 e. The highest BCUT2D eigenvalue weighted by atomic mass is 15.2. The molecule has 3 nitrogen and oxygen atoms in total. The molecule has 0 amide bonds. The van der Waals surface area contributed by atoms with Gasteiger partial charge in [0.25, 0.3) is 0 Å². The van der Waals surface area contributed by atoms with Crippen LogP contribution in [-0.2, 0) is 6.54 Å². The summed E-state index contributed by atoms with van der Waals surface area (Å²) in [6, 6.07) is 5.34. The van der Waals surface area contributed by atoms with Crippen LogP contribution in [0.1, 0.15) is 46.1 Å². The summed E-state index contributed by atoms with van der Waals surface area (Å²) >= 11 is 0. The minimum atomic E-state index is 0.551. The smallest absolute Gasteiger partial charge is 0.0271 e. The van der Waals surface area contributed by atoms with Gasteiger partial charge in [0, 0.05) is 31.0 Å². The first-order valence-electron chi connectivity index (χ1n) is 7.59. The van der Waals surface area contributed by atoms with Crippen molar-refractivity contribution in [1.29, 1.82) is 0 Å². The average Bonchev–Trinajstić information content (AvgIpc) is 2.46. The zero-order valence-corrected chi connectivity index (χ0v) is 12.9. The summed E-state index contributed by atoms with van der Waals surface area (Å²) in [5.41, 5.74) is 1.34. The van der Waals surface area contributed by atoms with Gasteiger partial charge >= 0.3 is 0 Å². The lowest BCUT2D eigenvalue weighted by Gasteiger charge is -2.34. The molecule has 1 heterocycles. The van der Waals surface area contributed by atoms with Crippen LogP contribution in [0.2, 0.25) is 0 Å². The molecule has 0 aliphatic rings. The molecular formula is C16H29N3. The SMILES string of the molecule is CCCNC(CC)C(C)N(CC)Cc1ccncc1. The normalized spacial score (nSPS) is 14.6. The number of nitrogens with one attached hydrogen (secondary N) is 1. The number of pyridine rings is 1. The molecular weight excluding hydrogens is 234 g/mol. The van der Waals surface area contributed by atoms with Crippen LogP contribution in [0.3, 0.4) is 0 Å². The monoisotopic (exact) mass is 263 g/mol. The fourth-order valence-corrected chi connectivity index (χ4v) is 2.51. The fraction of sp³-hybridized carbons (Fsp3) is 0.688. The van der Waals surface area contributed by atoms with Gasteiger partial charge in [-0.2, -0.15) is 0 Å². The van der Waals surface area contributed by atoms with E-state index in [0.29, 0.717) is 12.1 Å². The molecule has 2 atom stereocenters. The molecule has 19 heavy (non-hydrogen) atoms. The largest absolute Gasteiger partial charge is 0.312 e. The predicted octanol–water partition coefficient (Wildman–Crippen LogP) is 3.07. The zero-order valence-electron chi connectivity index (χ0n) is 12.9. The van der Waals surface area contributed by atoms with Crippen LogP contribution in [0.15, 0.2) is 24.5 Å². The van der Waals surface area contributed by atoms with Crippen molar-refractivity contribution < 1.29 is 0 Å². The quantitative estimate of drug-likeness (QED) is 0.742. The lowest BCUT2D eigenvalue weighted by molar-refractivity contribution is 0.166. The highest BCUT2D eigenvalue weighted by Crippen LogP contribution is 2.12. The van der Waals surface area contributed by atoms with Crippen molar-refractivity contribution in [3.63, 3.8) is 0 Å². The number of nitrogens with zero attached hydrogens (tertiary/aromatic N) is 2. The molecule has 0 aliphatic heterocycles. The van der Waals surface area contributed by atoms with Crippen LogP contribution in [-0.4, -0.2) is 35.1 Å². The number of likely N-dealkylation sites (N-methyl/N-ethyl adjacent to an activating group) is 1. The van der Waals surface area contributed by atoms with Gasteiger partial charge in [0.05, 0.1) is 0 Å². The Hall–Kier alpha value is -0.930. The van der Waals surface area contributed by atoms with Crippen LogP contribution < -0.4 is 5.32 Å². The van der Waals surface area contributed by atoms with E-state index in [1.165, 1.54) is 18.4 Å². The van der Waals surface area contributed by atoms with E-state index in [0.717, 1.165) is 19.6 Å². The lowest BCUT2D eigenvalue weighted by Crippen LogP contribution is -2.48. The summed E-state index contributed by atoms with van der Waals surface area (Å²) in [7, 11) is 0. The number of aromatic nitrogens is 1. The molecule has 1 N–H and O–H groups in total. The second-order valence-corrected chi connectivity index (χ2v) is 5.13. The Kier molecular flexibility index (Phi) is 7.68. The third-order valence-electron chi connectivity index (χ3n) is 3.80. The Morgan fingerprint density at radius 2 is 1.89 bits per heavy atom. The maximum absolute atomic E-state index is 4.08. The summed E-state index contributed by atoms with van der Waals surface area (Å²) in [5, 5.41) is 3.67. The van der Waals surface area contributed by atoms with E-state index in [1.807, 2.05) is 12.4 Å². The number of rotatable bonds is 9. The molecule has 0 bridgehead atoms. The molecule has 3 heteroatoms. The third-order valence-corrected chi connectivity index (χ3v) is 3.80. The minimum Gasteiger partial charge on any atom is -0.312 e. The van der Waals surface area contributed by atoms with Gasteiger partial charge in [0.2, 0.25) is 0 Å². The van der Waals surface area contributed by atoms with E-state index in [9.17, 15) is 0 Å². The second kappa shape index (κ2) is 9.05. The molecule has 1 aromatic heterocycles. The van der Waals surface area contributed by atoms with Gasteiger partial charge in [0.1, 0.15) is 0 Å². The molecule has 0 fully saturated rings. The van der Waals surface area contributed by atoms with Crippen molar-refractivity contribution >= 4 is 0 Å². The molecule has 0 spiro atoms. The molecule has 1 rings (SSSR count). The lowest BCUT2D eigenvalue weighted by atomic mass is 10.0. The molecule has 2 unspecified atom stereocenters. The van der Waals surface area contributed by atoms with Gasteiger partial charge < -0.3 is 5.32 Å². The average molecular weight is 263 g/mol. The highest BCUT2D eigenvalue weighted by molar-refractivity contribution is 5.09. The highest BCUT2D eigenvalue weighted by Gasteiger charge is 2.20.